The first-order valence-electron chi connectivity index (χ1n) is 29.2. The highest BCUT2D eigenvalue weighted by atomic mass is 16.5. The van der Waals surface area contributed by atoms with Crippen molar-refractivity contribution in [3.8, 4) is 62.0 Å². The standard InChI is InChI=1S/C66H85NO3.C3H8/c1-40-17-16-18-49(27-40)70-50-32-59(53-21-14-12-19-51(53)55-28-47(63(6,7)8)30-57(61(55)68)65-34-41(2)23-45(38-65)24-42(3)35-65)67-60(33-50)54-22-15-13-20-52(54)56-29-48(64(9,10)11)31-58(62(56)69)66-36-43(4)25-46(39-66)26-44(5)37-66;1-3-2/h12-15,19-22,28-33,40-46,49,68-69H,16-18,23-27,34-39H2,1-11H3;3H2,1-2H3. The molecule has 6 unspecified atom stereocenters. The zero-order chi connectivity index (χ0) is 52.2. The fourth-order valence-corrected chi connectivity index (χ4v) is 15.8. The molecule has 1 aromatic heterocycles. The van der Waals surface area contributed by atoms with Gasteiger partial charge < -0.3 is 14.9 Å². The number of hydrogen-bond donors (Lipinski definition) is 2. The fraction of sp³-hybridized carbons (Fsp3) is 0.580. The van der Waals surface area contributed by atoms with Crippen molar-refractivity contribution in [3.05, 3.63) is 107 Å². The first-order valence-corrected chi connectivity index (χ1v) is 29.2. The molecular formula is C69H93NO3. The van der Waals surface area contributed by atoms with Gasteiger partial charge in [0.2, 0.25) is 0 Å². The van der Waals surface area contributed by atoms with Crippen LogP contribution in [-0.2, 0) is 21.7 Å². The highest BCUT2D eigenvalue weighted by Crippen LogP contribution is 2.60. The Morgan fingerprint density at radius 1 is 0.493 bits per heavy atom. The molecule has 2 N–H and O–H groups in total. The van der Waals surface area contributed by atoms with Crippen LogP contribution < -0.4 is 4.74 Å². The first-order chi connectivity index (χ1) is 34.6. The largest absolute Gasteiger partial charge is 0.507 e. The molecule has 5 aliphatic rings. The third-order valence-corrected chi connectivity index (χ3v) is 18.3. The lowest BCUT2D eigenvalue weighted by molar-refractivity contribution is 0.0760. The van der Waals surface area contributed by atoms with E-state index in [9.17, 15) is 10.2 Å². The van der Waals surface area contributed by atoms with E-state index < -0.39 is 0 Å². The van der Waals surface area contributed by atoms with Gasteiger partial charge in [0.15, 0.2) is 0 Å². The van der Waals surface area contributed by atoms with Gasteiger partial charge in [-0.1, -0.05) is 164 Å². The lowest BCUT2D eigenvalue weighted by Gasteiger charge is -2.51. The second-order valence-corrected chi connectivity index (χ2v) is 27.6. The van der Waals surface area contributed by atoms with Crippen LogP contribution in [0.2, 0.25) is 0 Å². The molecule has 5 fully saturated rings. The van der Waals surface area contributed by atoms with E-state index in [1.54, 1.807) is 0 Å². The molecule has 0 radical (unpaired) electrons. The molecule has 4 aromatic carbocycles. The average molecular weight is 985 g/mol. The minimum Gasteiger partial charge on any atom is -0.507 e. The van der Waals surface area contributed by atoms with Gasteiger partial charge in [-0.2, -0.15) is 0 Å². The summed E-state index contributed by atoms with van der Waals surface area (Å²) in [7, 11) is 0. The molecule has 5 aliphatic carbocycles. The summed E-state index contributed by atoms with van der Waals surface area (Å²) in [5.41, 5.74) is 11.9. The van der Waals surface area contributed by atoms with Crippen molar-refractivity contribution in [1.29, 1.82) is 0 Å². The summed E-state index contributed by atoms with van der Waals surface area (Å²) in [6.07, 6.45) is 17.8. The topological polar surface area (TPSA) is 62.6 Å². The molecule has 4 bridgehead atoms. The maximum atomic E-state index is 13.0. The predicted molar refractivity (Wildman–Crippen MR) is 308 cm³/mol. The predicted octanol–water partition coefficient (Wildman–Crippen LogP) is 19.3. The molecule has 0 spiro atoms. The van der Waals surface area contributed by atoms with Crippen molar-refractivity contribution in [3.63, 3.8) is 0 Å². The lowest BCUT2D eigenvalue weighted by Crippen LogP contribution is -2.42. The molecule has 5 aromatic rings. The summed E-state index contributed by atoms with van der Waals surface area (Å²) in [4.78, 5) is 5.67. The summed E-state index contributed by atoms with van der Waals surface area (Å²) in [5, 5.41) is 25.9. The summed E-state index contributed by atoms with van der Waals surface area (Å²) in [6.45, 7) is 30.2. The van der Waals surface area contributed by atoms with Gasteiger partial charge in [0.25, 0.3) is 0 Å². The van der Waals surface area contributed by atoms with Gasteiger partial charge in [-0.25, -0.2) is 4.98 Å². The monoisotopic (exact) mass is 984 g/mol. The number of rotatable bonds is 8. The van der Waals surface area contributed by atoms with Gasteiger partial charge in [0.05, 0.1) is 17.5 Å². The molecule has 0 aliphatic heterocycles. The number of nitrogens with zero attached hydrogens (tertiary/aromatic N) is 1. The van der Waals surface area contributed by atoms with Crippen LogP contribution in [0.1, 0.15) is 209 Å². The minimum absolute atomic E-state index is 0.0451. The Hall–Kier alpha value is -4.57. The Balaban J connectivity index is 0.00000214. The van der Waals surface area contributed by atoms with Crippen LogP contribution >= 0.6 is 0 Å². The molecular weight excluding hydrogens is 891 g/mol. The van der Waals surface area contributed by atoms with Crippen LogP contribution in [0.5, 0.6) is 17.2 Å². The third-order valence-electron chi connectivity index (χ3n) is 18.3. The fourth-order valence-electron chi connectivity index (χ4n) is 15.8. The molecule has 0 saturated heterocycles. The number of pyridine rings is 1. The van der Waals surface area contributed by atoms with Crippen LogP contribution in [0.15, 0.2) is 84.9 Å². The maximum absolute atomic E-state index is 13.0. The van der Waals surface area contributed by atoms with Crippen molar-refractivity contribution in [2.45, 2.75) is 214 Å². The molecule has 4 nitrogen and oxygen atoms in total. The molecule has 73 heavy (non-hydrogen) atoms. The van der Waals surface area contributed by atoms with Crippen molar-refractivity contribution in [1.82, 2.24) is 4.98 Å². The van der Waals surface area contributed by atoms with E-state index in [0.717, 1.165) is 113 Å². The van der Waals surface area contributed by atoms with Crippen molar-refractivity contribution in [2.75, 3.05) is 0 Å². The Morgan fingerprint density at radius 3 is 1.25 bits per heavy atom. The Morgan fingerprint density at radius 2 is 0.877 bits per heavy atom. The first kappa shape index (κ1) is 53.3. The van der Waals surface area contributed by atoms with E-state index in [0.29, 0.717) is 52.9 Å². The number of phenolic OH excluding ortho intramolecular Hbond substituents is 2. The third kappa shape index (κ3) is 11.1. The molecule has 5 saturated carbocycles. The van der Waals surface area contributed by atoms with Gasteiger partial charge in [-0.15, -0.1) is 0 Å². The van der Waals surface area contributed by atoms with Crippen LogP contribution in [0, 0.1) is 41.4 Å². The van der Waals surface area contributed by atoms with Crippen LogP contribution in [0.25, 0.3) is 44.8 Å². The second-order valence-electron chi connectivity index (χ2n) is 27.6. The molecule has 1 heterocycles. The molecule has 392 valence electrons. The number of aromatic hydroxyl groups is 2. The number of hydrogen-bond acceptors (Lipinski definition) is 4. The Labute approximate surface area is 442 Å². The van der Waals surface area contributed by atoms with E-state index >= 15 is 0 Å². The van der Waals surface area contributed by atoms with Gasteiger partial charge in [0.1, 0.15) is 17.2 Å². The van der Waals surface area contributed by atoms with E-state index in [4.69, 9.17) is 9.72 Å². The Bertz CT molecular complexity index is 2540. The van der Waals surface area contributed by atoms with E-state index in [-0.39, 0.29) is 27.8 Å². The number of benzene rings is 4. The molecule has 0 amide bonds. The van der Waals surface area contributed by atoms with Crippen molar-refractivity contribution in [2.24, 2.45) is 41.4 Å². The van der Waals surface area contributed by atoms with E-state index in [1.807, 2.05) is 0 Å². The van der Waals surface area contributed by atoms with Gasteiger partial charge >= 0.3 is 0 Å². The summed E-state index contributed by atoms with van der Waals surface area (Å²) >= 11 is 0. The normalized spacial score (nSPS) is 29.2. The highest BCUT2D eigenvalue weighted by Gasteiger charge is 2.49. The minimum atomic E-state index is -0.121. The smallest absolute Gasteiger partial charge is 0.127 e. The zero-order valence-corrected chi connectivity index (χ0v) is 47.6. The van der Waals surface area contributed by atoms with Crippen LogP contribution in [0.3, 0.4) is 0 Å². The number of ether oxygens (including phenoxy) is 1. The molecule has 4 heteroatoms. The molecule has 6 atom stereocenters. The van der Waals surface area contributed by atoms with E-state index in [1.165, 1.54) is 56.1 Å². The van der Waals surface area contributed by atoms with Crippen molar-refractivity contribution < 1.29 is 14.9 Å². The van der Waals surface area contributed by atoms with Crippen LogP contribution in [-0.4, -0.2) is 21.3 Å². The zero-order valence-electron chi connectivity index (χ0n) is 47.6. The number of fused-ring (bicyclic) bond motifs is 4. The van der Waals surface area contributed by atoms with E-state index in [2.05, 4.69) is 175 Å². The van der Waals surface area contributed by atoms with Gasteiger partial charge in [0, 0.05) is 45.5 Å². The highest BCUT2D eigenvalue weighted by molar-refractivity contribution is 5.90. The van der Waals surface area contributed by atoms with Gasteiger partial charge in [-0.05, 0) is 181 Å². The number of aromatic nitrogens is 1. The number of phenols is 2. The average Bonchev–Trinajstić information content (AvgIpc) is 3.30. The van der Waals surface area contributed by atoms with Gasteiger partial charge in [-0.3, -0.25) is 0 Å². The summed E-state index contributed by atoms with van der Waals surface area (Å²) < 4.78 is 7.10. The van der Waals surface area contributed by atoms with Crippen LogP contribution in [0.4, 0.5) is 0 Å². The summed E-state index contributed by atoms with van der Waals surface area (Å²) in [6, 6.07) is 30.9. The summed E-state index contributed by atoms with van der Waals surface area (Å²) in [5.74, 6) is 6.22. The second kappa shape index (κ2) is 20.9. The quantitative estimate of drug-likeness (QED) is 0.163. The molecule has 10 rings (SSSR count). The SMILES string of the molecule is CC1CCCC(Oc2cc(-c3ccccc3-c3cc(C(C)(C)C)cc(C45CC(C)CC(CC(C)C4)C5)c3O)nc(-c3ccccc3-c3cc(C(C)(C)C)cc(C45CC(C)CC(CC(C)C4)C5)c3O)c2)C1.CCC. The van der Waals surface area contributed by atoms with Crippen molar-refractivity contribution >= 4 is 0 Å². The maximum Gasteiger partial charge on any atom is 0.127 e. The Kier molecular flexibility index (Phi) is 15.2. The lowest BCUT2D eigenvalue weighted by atomic mass is 9.54.